The van der Waals surface area contributed by atoms with Gasteiger partial charge in [0, 0.05) is 0 Å². The topological polar surface area (TPSA) is 107 Å². The molecule has 0 saturated carbocycles. The zero-order valence-electron chi connectivity index (χ0n) is 15.3. The Balaban J connectivity index is 4.85. The normalized spacial score (nSPS) is 15.9. The van der Waals surface area contributed by atoms with Crippen LogP contribution in [0.5, 0.6) is 0 Å². The van der Waals surface area contributed by atoms with E-state index in [-0.39, 0.29) is 5.92 Å². The summed E-state index contributed by atoms with van der Waals surface area (Å²) in [7, 11) is -4.77. The van der Waals surface area contributed by atoms with Crippen molar-refractivity contribution in [2.45, 2.75) is 78.3 Å². The molecule has 0 fully saturated rings. The van der Waals surface area contributed by atoms with Crippen molar-refractivity contribution >= 4 is 22.1 Å². The molecule has 0 bridgehead atoms. The van der Waals surface area contributed by atoms with Gasteiger partial charge in [0.05, 0.1) is 18.6 Å². The minimum atomic E-state index is -4.77. The zero-order chi connectivity index (χ0) is 19.1. The van der Waals surface area contributed by atoms with Crippen molar-refractivity contribution < 1.29 is 32.0 Å². The summed E-state index contributed by atoms with van der Waals surface area (Å²) in [6.45, 7) is 11.1. The number of hydrogen-bond donors (Lipinski definition) is 1. The number of hydrogen-bond acceptors (Lipinski definition) is 6. The first-order chi connectivity index (χ1) is 10.8. The number of ether oxygens (including phenoxy) is 2. The summed E-state index contributed by atoms with van der Waals surface area (Å²) >= 11 is 0. The summed E-state index contributed by atoms with van der Waals surface area (Å²) < 4.78 is 42.2. The minimum absolute atomic E-state index is 0.249. The minimum Gasteiger partial charge on any atom is -0.463 e. The molecule has 0 aliphatic heterocycles. The van der Waals surface area contributed by atoms with Gasteiger partial charge in [-0.25, -0.2) is 0 Å². The van der Waals surface area contributed by atoms with Crippen LogP contribution in [0, 0.1) is 11.8 Å². The second-order valence-electron chi connectivity index (χ2n) is 7.01. The van der Waals surface area contributed by atoms with Gasteiger partial charge in [-0.15, -0.1) is 0 Å². The molecular weight excluding hydrogens is 336 g/mol. The van der Waals surface area contributed by atoms with Crippen LogP contribution >= 0.6 is 0 Å². The molecule has 3 atom stereocenters. The first-order valence-corrected chi connectivity index (χ1v) is 9.69. The van der Waals surface area contributed by atoms with Crippen LogP contribution in [0.1, 0.15) is 60.8 Å². The van der Waals surface area contributed by atoms with Crippen LogP contribution in [0.4, 0.5) is 0 Å². The Morgan fingerprint density at radius 2 is 1.29 bits per heavy atom. The quantitative estimate of drug-likeness (QED) is 0.468. The molecule has 7 nitrogen and oxygen atoms in total. The van der Waals surface area contributed by atoms with Crippen molar-refractivity contribution in [2.75, 3.05) is 0 Å². The van der Waals surface area contributed by atoms with E-state index in [2.05, 4.69) is 0 Å². The van der Waals surface area contributed by atoms with E-state index in [0.29, 0.717) is 18.8 Å². The highest BCUT2D eigenvalue weighted by Gasteiger charge is 2.36. The molecule has 0 aromatic heterocycles. The van der Waals surface area contributed by atoms with Gasteiger partial charge in [0.25, 0.3) is 10.1 Å². The first kappa shape index (κ1) is 22.9. The summed E-state index contributed by atoms with van der Waals surface area (Å²) in [6.07, 6.45) is -0.542. The van der Waals surface area contributed by atoms with Gasteiger partial charge in [0.15, 0.2) is 5.25 Å². The Morgan fingerprint density at radius 3 is 1.67 bits per heavy atom. The van der Waals surface area contributed by atoms with Crippen LogP contribution in [0.15, 0.2) is 0 Å². The second kappa shape index (κ2) is 9.98. The molecule has 0 rings (SSSR count). The maximum absolute atomic E-state index is 12.0. The molecule has 0 saturated heterocycles. The van der Waals surface area contributed by atoms with Gasteiger partial charge in [0.1, 0.15) is 0 Å². The predicted molar refractivity (Wildman–Crippen MR) is 90.0 cm³/mol. The fourth-order valence-electron chi connectivity index (χ4n) is 2.43. The van der Waals surface area contributed by atoms with Crippen LogP contribution in [0.25, 0.3) is 0 Å². The number of esters is 2. The lowest BCUT2D eigenvalue weighted by Gasteiger charge is -2.20. The number of carbonyl (C=O) groups excluding carboxylic acids is 2. The Bertz CT molecular complexity index is 511. The van der Waals surface area contributed by atoms with Gasteiger partial charge >= 0.3 is 11.9 Å². The average molecular weight is 366 g/mol. The van der Waals surface area contributed by atoms with Gasteiger partial charge in [-0.05, 0) is 38.5 Å². The van der Waals surface area contributed by atoms with E-state index in [4.69, 9.17) is 9.47 Å². The molecule has 0 heterocycles. The van der Waals surface area contributed by atoms with Crippen molar-refractivity contribution in [3.05, 3.63) is 0 Å². The highest BCUT2D eigenvalue weighted by atomic mass is 32.2. The van der Waals surface area contributed by atoms with Gasteiger partial charge in [-0.1, -0.05) is 27.7 Å². The fourth-order valence-corrected chi connectivity index (χ4v) is 3.08. The van der Waals surface area contributed by atoms with Crippen molar-refractivity contribution in [3.63, 3.8) is 0 Å². The Morgan fingerprint density at radius 1 is 0.875 bits per heavy atom. The second-order valence-corrected chi connectivity index (χ2v) is 8.61. The van der Waals surface area contributed by atoms with E-state index < -0.39 is 45.9 Å². The van der Waals surface area contributed by atoms with E-state index in [1.807, 2.05) is 27.7 Å². The van der Waals surface area contributed by atoms with Gasteiger partial charge in [0.2, 0.25) is 0 Å². The van der Waals surface area contributed by atoms with Crippen LogP contribution in [-0.2, 0) is 29.2 Å². The molecule has 1 N–H and O–H groups in total. The van der Waals surface area contributed by atoms with Gasteiger partial charge < -0.3 is 9.47 Å². The molecule has 24 heavy (non-hydrogen) atoms. The lowest BCUT2D eigenvalue weighted by molar-refractivity contribution is -0.155. The van der Waals surface area contributed by atoms with E-state index in [1.54, 1.807) is 13.8 Å². The molecule has 0 aliphatic rings. The summed E-state index contributed by atoms with van der Waals surface area (Å²) in [5, 5.41) is -1.97. The summed E-state index contributed by atoms with van der Waals surface area (Å²) in [4.78, 5) is 23.9. The van der Waals surface area contributed by atoms with Gasteiger partial charge in [-0.3, -0.25) is 14.1 Å². The predicted octanol–water partition coefficient (Wildman–Crippen LogP) is 2.59. The highest BCUT2D eigenvalue weighted by Crippen LogP contribution is 2.15. The average Bonchev–Trinajstić information content (AvgIpc) is 2.31. The van der Waals surface area contributed by atoms with Crippen molar-refractivity contribution in [2.24, 2.45) is 11.8 Å². The lowest BCUT2D eigenvalue weighted by atomic mass is 10.1. The standard InChI is InChI=1S/C16H30O7S/c1-10(2)7-12(5)22-15(17)9-14(24(19,20)21)16(18)23-13(6)8-11(3)4/h10-14H,7-9H2,1-6H3,(H,19,20,21)/t12-,13-,14+/m0/s1. The maximum atomic E-state index is 12.0. The van der Waals surface area contributed by atoms with E-state index >= 15 is 0 Å². The van der Waals surface area contributed by atoms with Crippen LogP contribution in [0.2, 0.25) is 0 Å². The molecule has 0 spiro atoms. The van der Waals surface area contributed by atoms with Crippen molar-refractivity contribution in [1.82, 2.24) is 0 Å². The number of carbonyl (C=O) groups is 2. The van der Waals surface area contributed by atoms with Crippen molar-refractivity contribution in [1.29, 1.82) is 0 Å². The first-order valence-electron chi connectivity index (χ1n) is 8.19. The molecule has 142 valence electrons. The highest BCUT2D eigenvalue weighted by molar-refractivity contribution is 7.87. The lowest BCUT2D eigenvalue weighted by Crippen LogP contribution is -2.36. The number of rotatable bonds is 10. The van der Waals surface area contributed by atoms with Crippen molar-refractivity contribution in [3.8, 4) is 0 Å². The monoisotopic (exact) mass is 366 g/mol. The molecule has 0 radical (unpaired) electrons. The maximum Gasteiger partial charge on any atom is 0.327 e. The molecule has 0 aromatic carbocycles. The largest absolute Gasteiger partial charge is 0.463 e. The summed E-state index contributed by atoms with van der Waals surface area (Å²) in [5.74, 6) is -1.45. The van der Waals surface area contributed by atoms with E-state index in [9.17, 15) is 22.6 Å². The zero-order valence-corrected chi connectivity index (χ0v) is 16.1. The van der Waals surface area contributed by atoms with E-state index in [1.165, 1.54) is 0 Å². The summed E-state index contributed by atoms with van der Waals surface area (Å²) in [6, 6.07) is 0. The smallest absolute Gasteiger partial charge is 0.327 e. The van der Waals surface area contributed by atoms with Crippen LogP contribution in [0.3, 0.4) is 0 Å². The Hall–Kier alpha value is -1.15. The molecule has 0 aromatic rings. The Labute approximate surface area is 144 Å². The molecular formula is C16H30O7S. The van der Waals surface area contributed by atoms with Crippen LogP contribution in [-0.4, -0.2) is 42.4 Å². The van der Waals surface area contributed by atoms with Crippen LogP contribution < -0.4 is 0 Å². The Kier molecular flexibility index (Phi) is 9.50. The third-order valence-electron chi connectivity index (χ3n) is 3.23. The SMILES string of the molecule is CC(C)C[C@H](C)OC(=O)C[C@H](C(=O)O[C@@H](C)CC(C)C)S(=O)(=O)O. The third kappa shape index (κ3) is 9.87. The molecule has 0 unspecified atom stereocenters. The summed E-state index contributed by atoms with van der Waals surface area (Å²) in [5.41, 5.74) is 0. The fraction of sp³-hybridized carbons (Fsp3) is 0.875. The third-order valence-corrected chi connectivity index (χ3v) is 4.31. The van der Waals surface area contributed by atoms with Gasteiger partial charge in [-0.2, -0.15) is 8.42 Å². The molecule has 8 heteroatoms. The molecule has 0 amide bonds. The van der Waals surface area contributed by atoms with E-state index in [0.717, 1.165) is 0 Å². The molecule has 0 aliphatic carbocycles.